The molecule has 1 aromatic carbocycles. The topological polar surface area (TPSA) is 90.5 Å². The van der Waals surface area contributed by atoms with E-state index in [9.17, 15) is 14.4 Å². The van der Waals surface area contributed by atoms with Crippen molar-refractivity contribution in [1.29, 1.82) is 0 Å². The van der Waals surface area contributed by atoms with Crippen LogP contribution in [0.3, 0.4) is 0 Å². The van der Waals surface area contributed by atoms with E-state index in [1.54, 1.807) is 26.1 Å². The van der Waals surface area contributed by atoms with Crippen LogP contribution >= 0.6 is 23.2 Å². The van der Waals surface area contributed by atoms with Gasteiger partial charge in [0.2, 0.25) is 11.8 Å². The van der Waals surface area contributed by atoms with Crippen molar-refractivity contribution in [2.75, 3.05) is 32.0 Å². The summed E-state index contributed by atoms with van der Waals surface area (Å²) in [5.41, 5.74) is 0.504. The first kappa shape index (κ1) is 19.2. The minimum atomic E-state index is -0.564. The Bertz CT molecular complexity index is 595. The van der Waals surface area contributed by atoms with Crippen LogP contribution in [0.25, 0.3) is 0 Å². The van der Waals surface area contributed by atoms with Gasteiger partial charge in [0.25, 0.3) is 0 Å². The zero-order valence-corrected chi connectivity index (χ0v) is 14.3. The van der Waals surface area contributed by atoms with E-state index in [-0.39, 0.29) is 19.0 Å². The lowest BCUT2D eigenvalue weighted by Crippen LogP contribution is -2.44. The number of hydrogen-bond donors (Lipinski definition) is 3. The molecule has 7 nitrogen and oxygen atoms in total. The second-order valence-electron chi connectivity index (χ2n) is 4.76. The molecule has 0 heterocycles. The van der Waals surface area contributed by atoms with Gasteiger partial charge in [-0.2, -0.15) is 0 Å². The van der Waals surface area contributed by atoms with Crippen molar-refractivity contribution in [3.63, 3.8) is 0 Å². The molecule has 0 aromatic heterocycles. The first-order valence-electron chi connectivity index (χ1n) is 6.83. The number of halogens is 2. The van der Waals surface area contributed by atoms with Crippen LogP contribution in [0, 0.1) is 0 Å². The Morgan fingerprint density at radius 1 is 1.09 bits per heavy atom. The van der Waals surface area contributed by atoms with Gasteiger partial charge in [-0.15, -0.1) is 0 Å². The summed E-state index contributed by atoms with van der Waals surface area (Å²) in [5, 5.41) is 7.96. The van der Waals surface area contributed by atoms with E-state index < -0.39 is 11.9 Å². The van der Waals surface area contributed by atoms with Gasteiger partial charge in [0.1, 0.15) is 0 Å². The summed E-state index contributed by atoms with van der Waals surface area (Å²) in [6.07, 6.45) is 0. The zero-order chi connectivity index (χ0) is 17.4. The number of benzene rings is 1. The molecule has 0 aliphatic carbocycles. The molecule has 0 aliphatic rings. The molecular weight excluding hydrogens is 343 g/mol. The first-order valence-corrected chi connectivity index (χ1v) is 7.58. The molecular formula is C14H18Cl2N4O3. The van der Waals surface area contributed by atoms with Crippen molar-refractivity contribution in [3.05, 3.63) is 28.2 Å². The van der Waals surface area contributed by atoms with Gasteiger partial charge >= 0.3 is 6.03 Å². The number of likely N-dealkylation sites (N-methyl/N-ethyl adjacent to an activating group) is 1. The lowest BCUT2D eigenvalue weighted by atomic mass is 10.3. The predicted molar refractivity (Wildman–Crippen MR) is 89.8 cm³/mol. The minimum absolute atomic E-state index is 0.0247. The third-order valence-corrected chi connectivity index (χ3v) is 3.36. The zero-order valence-electron chi connectivity index (χ0n) is 12.8. The van der Waals surface area contributed by atoms with E-state index >= 15 is 0 Å². The molecule has 4 amide bonds. The second kappa shape index (κ2) is 9.34. The maximum absolute atomic E-state index is 11.9. The van der Waals surface area contributed by atoms with E-state index in [0.29, 0.717) is 22.3 Å². The van der Waals surface area contributed by atoms with Crippen molar-refractivity contribution in [2.45, 2.75) is 6.92 Å². The molecule has 0 aliphatic heterocycles. The minimum Gasteiger partial charge on any atom is -0.338 e. The summed E-state index contributed by atoms with van der Waals surface area (Å²) < 4.78 is 0. The van der Waals surface area contributed by atoms with Crippen molar-refractivity contribution in [2.24, 2.45) is 0 Å². The van der Waals surface area contributed by atoms with Gasteiger partial charge < -0.3 is 10.6 Å². The van der Waals surface area contributed by atoms with Crippen LogP contribution in [0.4, 0.5) is 10.5 Å². The van der Waals surface area contributed by atoms with Crippen LogP contribution in [0.5, 0.6) is 0 Å². The van der Waals surface area contributed by atoms with Crippen molar-refractivity contribution in [1.82, 2.24) is 15.5 Å². The first-order chi connectivity index (χ1) is 10.8. The maximum Gasteiger partial charge on any atom is 0.321 e. The standard InChI is InChI=1S/C14H18Cl2N4O3/c1-3-17-14(23)19-13(22)8-20(2)7-12(21)18-9-4-5-10(15)11(16)6-9/h4-6H,3,7-8H2,1-2H3,(H,18,21)(H2,17,19,22,23). The lowest BCUT2D eigenvalue weighted by Gasteiger charge is -2.15. The fourth-order valence-corrected chi connectivity index (χ4v) is 1.99. The highest BCUT2D eigenvalue weighted by molar-refractivity contribution is 6.42. The van der Waals surface area contributed by atoms with Gasteiger partial charge in [-0.25, -0.2) is 4.79 Å². The van der Waals surface area contributed by atoms with Gasteiger partial charge in [-0.05, 0) is 32.2 Å². The molecule has 0 saturated heterocycles. The molecule has 0 bridgehead atoms. The number of anilines is 1. The van der Waals surface area contributed by atoms with Gasteiger partial charge in [0.15, 0.2) is 0 Å². The molecule has 0 saturated carbocycles. The number of urea groups is 1. The molecule has 0 unspecified atom stereocenters. The summed E-state index contributed by atoms with van der Waals surface area (Å²) in [4.78, 5) is 36.1. The smallest absolute Gasteiger partial charge is 0.321 e. The largest absolute Gasteiger partial charge is 0.338 e. The predicted octanol–water partition coefficient (Wildman–Crippen LogP) is 1.71. The van der Waals surface area contributed by atoms with Crippen LogP contribution in [-0.2, 0) is 9.59 Å². The van der Waals surface area contributed by atoms with Crippen LogP contribution < -0.4 is 16.0 Å². The van der Waals surface area contributed by atoms with Crippen LogP contribution in [0.2, 0.25) is 10.0 Å². The van der Waals surface area contributed by atoms with E-state index in [4.69, 9.17) is 23.2 Å². The van der Waals surface area contributed by atoms with E-state index in [2.05, 4.69) is 16.0 Å². The van der Waals surface area contributed by atoms with Gasteiger partial charge in [0.05, 0.1) is 23.1 Å². The summed E-state index contributed by atoms with van der Waals surface area (Å²) in [7, 11) is 1.59. The third kappa shape index (κ3) is 7.32. The number of rotatable bonds is 6. The van der Waals surface area contributed by atoms with E-state index in [0.717, 1.165) is 0 Å². The molecule has 3 N–H and O–H groups in total. The Labute approximate surface area is 144 Å². The highest BCUT2D eigenvalue weighted by Crippen LogP contribution is 2.24. The number of nitrogens with zero attached hydrogens (tertiary/aromatic N) is 1. The number of hydrogen-bond acceptors (Lipinski definition) is 4. The monoisotopic (exact) mass is 360 g/mol. The van der Waals surface area contributed by atoms with Crippen molar-refractivity contribution < 1.29 is 14.4 Å². The van der Waals surface area contributed by atoms with Crippen molar-refractivity contribution in [3.8, 4) is 0 Å². The number of carbonyl (C=O) groups is 3. The quantitative estimate of drug-likeness (QED) is 0.720. The SMILES string of the molecule is CCNC(=O)NC(=O)CN(C)CC(=O)Nc1ccc(Cl)c(Cl)c1. The van der Waals surface area contributed by atoms with E-state index in [1.165, 1.54) is 11.0 Å². The molecule has 1 rings (SSSR count). The highest BCUT2D eigenvalue weighted by atomic mass is 35.5. The molecule has 126 valence electrons. The Morgan fingerprint density at radius 3 is 2.35 bits per heavy atom. The number of amides is 4. The normalized spacial score (nSPS) is 10.3. The number of nitrogens with one attached hydrogen (secondary N) is 3. The molecule has 0 fully saturated rings. The molecule has 1 aromatic rings. The highest BCUT2D eigenvalue weighted by Gasteiger charge is 2.13. The maximum atomic E-state index is 11.9. The van der Waals surface area contributed by atoms with Crippen LogP contribution in [-0.4, -0.2) is 49.4 Å². The molecule has 9 heteroatoms. The van der Waals surface area contributed by atoms with Crippen LogP contribution in [0.15, 0.2) is 18.2 Å². The molecule has 0 radical (unpaired) electrons. The van der Waals surface area contributed by atoms with Gasteiger partial charge in [-0.3, -0.25) is 19.8 Å². The fraction of sp³-hybridized carbons (Fsp3) is 0.357. The van der Waals surface area contributed by atoms with Crippen LogP contribution in [0.1, 0.15) is 6.92 Å². The Balaban J connectivity index is 2.42. The summed E-state index contributed by atoms with van der Waals surface area (Å²) >= 11 is 11.7. The Kier molecular flexibility index (Phi) is 7.80. The average molecular weight is 361 g/mol. The Hall–Kier alpha value is -1.83. The Morgan fingerprint density at radius 2 is 1.74 bits per heavy atom. The summed E-state index contributed by atoms with van der Waals surface area (Å²) in [6, 6.07) is 4.16. The molecule has 23 heavy (non-hydrogen) atoms. The van der Waals surface area contributed by atoms with Crippen molar-refractivity contribution >= 4 is 46.7 Å². The average Bonchev–Trinajstić information content (AvgIpc) is 2.42. The summed E-state index contributed by atoms with van der Waals surface area (Å²) in [6.45, 7) is 2.04. The second-order valence-corrected chi connectivity index (χ2v) is 5.57. The molecule has 0 spiro atoms. The third-order valence-electron chi connectivity index (χ3n) is 2.62. The number of carbonyl (C=O) groups excluding carboxylic acids is 3. The summed E-state index contributed by atoms with van der Waals surface area (Å²) in [5.74, 6) is -0.822. The van der Waals surface area contributed by atoms with Gasteiger partial charge in [0, 0.05) is 12.2 Å². The number of imide groups is 1. The molecule has 0 atom stereocenters. The lowest BCUT2D eigenvalue weighted by molar-refractivity contribution is -0.122. The van der Waals surface area contributed by atoms with E-state index in [1.807, 2.05) is 0 Å². The fourth-order valence-electron chi connectivity index (χ4n) is 1.69. The van der Waals surface area contributed by atoms with Gasteiger partial charge in [-0.1, -0.05) is 23.2 Å².